The number of benzene rings is 1. The lowest BCUT2D eigenvalue weighted by Crippen LogP contribution is -2.18. The molecule has 0 saturated heterocycles. The zero-order chi connectivity index (χ0) is 8.39. The van der Waals surface area contributed by atoms with Crippen LogP contribution in [0, 0.1) is 0 Å². The monoisotopic (exact) mass is 164 g/mol. The molecule has 0 aliphatic carbocycles. The van der Waals surface area contributed by atoms with Crippen LogP contribution in [-0.4, -0.2) is 18.3 Å². The highest BCUT2D eigenvalue weighted by atomic mass is 16.5. The SMILES string of the molecule is OC[C@H]1OCCc2ccccc21. The predicted molar refractivity (Wildman–Crippen MR) is 45.9 cm³/mol. The van der Waals surface area contributed by atoms with Gasteiger partial charge in [0, 0.05) is 0 Å². The fraction of sp³-hybridized carbons (Fsp3) is 0.400. The zero-order valence-electron chi connectivity index (χ0n) is 6.86. The molecule has 0 aromatic heterocycles. The topological polar surface area (TPSA) is 29.5 Å². The van der Waals surface area contributed by atoms with Crippen molar-refractivity contribution in [1.82, 2.24) is 0 Å². The summed E-state index contributed by atoms with van der Waals surface area (Å²) in [5, 5.41) is 9.01. The maximum absolute atomic E-state index is 9.01. The molecule has 1 heterocycles. The number of aliphatic hydroxyl groups is 1. The molecule has 0 saturated carbocycles. The Labute approximate surface area is 71.8 Å². The lowest BCUT2D eigenvalue weighted by molar-refractivity contribution is 0.00318. The number of ether oxygens (including phenoxy) is 1. The first-order valence-electron chi connectivity index (χ1n) is 4.22. The van der Waals surface area contributed by atoms with E-state index in [4.69, 9.17) is 9.84 Å². The summed E-state index contributed by atoms with van der Waals surface area (Å²) in [5.41, 5.74) is 2.45. The standard InChI is InChI=1S/C10H12O2/c11-7-10-9-4-2-1-3-8(9)5-6-12-10/h1-4,10-11H,5-7H2/t10-/m1/s1. The fourth-order valence-corrected chi connectivity index (χ4v) is 1.63. The Morgan fingerprint density at radius 1 is 1.42 bits per heavy atom. The van der Waals surface area contributed by atoms with Crippen molar-refractivity contribution in [2.75, 3.05) is 13.2 Å². The van der Waals surface area contributed by atoms with Crippen molar-refractivity contribution in [3.63, 3.8) is 0 Å². The van der Waals surface area contributed by atoms with E-state index < -0.39 is 0 Å². The zero-order valence-corrected chi connectivity index (χ0v) is 6.86. The summed E-state index contributed by atoms with van der Waals surface area (Å²) in [5.74, 6) is 0. The molecule has 0 amide bonds. The van der Waals surface area contributed by atoms with Gasteiger partial charge in [0.15, 0.2) is 0 Å². The van der Waals surface area contributed by atoms with Crippen molar-refractivity contribution in [2.24, 2.45) is 0 Å². The van der Waals surface area contributed by atoms with Gasteiger partial charge >= 0.3 is 0 Å². The van der Waals surface area contributed by atoms with Gasteiger partial charge in [-0.05, 0) is 17.5 Å². The number of rotatable bonds is 1. The van der Waals surface area contributed by atoms with Crippen LogP contribution >= 0.6 is 0 Å². The Kier molecular flexibility index (Phi) is 2.11. The average molecular weight is 164 g/mol. The van der Waals surface area contributed by atoms with Crippen LogP contribution in [0.4, 0.5) is 0 Å². The van der Waals surface area contributed by atoms with Crippen LogP contribution in [-0.2, 0) is 11.2 Å². The van der Waals surface area contributed by atoms with Gasteiger partial charge in [-0.3, -0.25) is 0 Å². The molecule has 0 radical (unpaired) electrons. The van der Waals surface area contributed by atoms with Crippen LogP contribution in [0.3, 0.4) is 0 Å². The third kappa shape index (κ3) is 1.24. The lowest BCUT2D eigenvalue weighted by Gasteiger charge is -2.24. The Morgan fingerprint density at radius 3 is 3.08 bits per heavy atom. The van der Waals surface area contributed by atoms with Gasteiger partial charge in [0.05, 0.1) is 13.2 Å². The van der Waals surface area contributed by atoms with Crippen molar-refractivity contribution in [1.29, 1.82) is 0 Å². The molecular formula is C10H12O2. The van der Waals surface area contributed by atoms with Crippen LogP contribution < -0.4 is 0 Å². The first-order valence-corrected chi connectivity index (χ1v) is 4.22. The highest BCUT2D eigenvalue weighted by Crippen LogP contribution is 2.25. The Bertz CT molecular complexity index is 270. The molecule has 1 aliphatic rings. The van der Waals surface area contributed by atoms with E-state index in [-0.39, 0.29) is 12.7 Å². The Morgan fingerprint density at radius 2 is 2.25 bits per heavy atom. The van der Waals surface area contributed by atoms with E-state index in [1.807, 2.05) is 18.2 Å². The smallest absolute Gasteiger partial charge is 0.106 e. The van der Waals surface area contributed by atoms with Gasteiger partial charge in [0.1, 0.15) is 6.10 Å². The molecule has 1 N–H and O–H groups in total. The van der Waals surface area contributed by atoms with Crippen molar-refractivity contribution in [3.8, 4) is 0 Å². The Balaban J connectivity index is 2.37. The normalized spacial score (nSPS) is 21.9. The lowest BCUT2D eigenvalue weighted by atomic mass is 9.98. The molecule has 1 aromatic carbocycles. The summed E-state index contributed by atoms with van der Waals surface area (Å²) in [6.45, 7) is 0.805. The molecule has 2 nitrogen and oxygen atoms in total. The fourth-order valence-electron chi connectivity index (χ4n) is 1.63. The van der Waals surface area contributed by atoms with Crippen LogP contribution in [0.1, 0.15) is 17.2 Å². The van der Waals surface area contributed by atoms with E-state index in [0.29, 0.717) is 0 Å². The van der Waals surface area contributed by atoms with E-state index in [1.54, 1.807) is 0 Å². The minimum absolute atomic E-state index is 0.0804. The van der Waals surface area contributed by atoms with Crippen LogP contribution in [0.25, 0.3) is 0 Å². The summed E-state index contributed by atoms with van der Waals surface area (Å²) in [4.78, 5) is 0. The van der Waals surface area contributed by atoms with Gasteiger partial charge in [-0.15, -0.1) is 0 Å². The molecule has 0 spiro atoms. The van der Waals surface area contributed by atoms with Crippen molar-refractivity contribution < 1.29 is 9.84 Å². The van der Waals surface area contributed by atoms with E-state index in [1.165, 1.54) is 5.56 Å². The van der Waals surface area contributed by atoms with Crippen molar-refractivity contribution in [3.05, 3.63) is 35.4 Å². The summed E-state index contributed by atoms with van der Waals surface area (Å²) in [7, 11) is 0. The number of aliphatic hydroxyl groups excluding tert-OH is 1. The number of hydrogen-bond donors (Lipinski definition) is 1. The number of hydrogen-bond acceptors (Lipinski definition) is 2. The highest BCUT2D eigenvalue weighted by Gasteiger charge is 2.18. The van der Waals surface area contributed by atoms with Crippen LogP contribution in [0.15, 0.2) is 24.3 Å². The second-order valence-electron chi connectivity index (χ2n) is 2.99. The third-order valence-corrected chi connectivity index (χ3v) is 2.26. The molecule has 0 fully saturated rings. The highest BCUT2D eigenvalue weighted by molar-refractivity contribution is 5.30. The molecule has 0 unspecified atom stereocenters. The van der Waals surface area contributed by atoms with E-state index in [9.17, 15) is 0 Å². The van der Waals surface area contributed by atoms with Gasteiger partial charge in [0.2, 0.25) is 0 Å². The first kappa shape index (κ1) is 7.77. The summed E-state index contributed by atoms with van der Waals surface area (Å²) >= 11 is 0. The summed E-state index contributed by atoms with van der Waals surface area (Å²) in [6, 6.07) is 8.13. The van der Waals surface area contributed by atoms with Crippen LogP contribution in [0.5, 0.6) is 0 Å². The number of fused-ring (bicyclic) bond motifs is 1. The van der Waals surface area contributed by atoms with E-state index in [0.717, 1.165) is 18.6 Å². The van der Waals surface area contributed by atoms with Crippen molar-refractivity contribution in [2.45, 2.75) is 12.5 Å². The summed E-state index contributed by atoms with van der Waals surface area (Å²) in [6.07, 6.45) is 0.863. The van der Waals surface area contributed by atoms with Gasteiger partial charge < -0.3 is 9.84 Å². The largest absolute Gasteiger partial charge is 0.393 e. The second kappa shape index (κ2) is 3.25. The third-order valence-electron chi connectivity index (χ3n) is 2.26. The first-order chi connectivity index (χ1) is 5.92. The quantitative estimate of drug-likeness (QED) is 0.677. The second-order valence-corrected chi connectivity index (χ2v) is 2.99. The summed E-state index contributed by atoms with van der Waals surface area (Å²) < 4.78 is 5.40. The molecule has 0 bridgehead atoms. The molecule has 1 atom stereocenters. The van der Waals surface area contributed by atoms with Gasteiger partial charge in [0.25, 0.3) is 0 Å². The molecule has 2 heteroatoms. The van der Waals surface area contributed by atoms with Gasteiger partial charge in [-0.2, -0.15) is 0 Å². The van der Waals surface area contributed by atoms with E-state index >= 15 is 0 Å². The van der Waals surface area contributed by atoms with Crippen molar-refractivity contribution >= 4 is 0 Å². The van der Waals surface area contributed by atoms with Gasteiger partial charge in [-0.1, -0.05) is 24.3 Å². The maximum Gasteiger partial charge on any atom is 0.106 e. The van der Waals surface area contributed by atoms with Crippen LogP contribution in [0.2, 0.25) is 0 Å². The maximum atomic E-state index is 9.01. The van der Waals surface area contributed by atoms with E-state index in [2.05, 4.69) is 6.07 Å². The average Bonchev–Trinajstić information content (AvgIpc) is 2.17. The minimum atomic E-state index is -0.102. The molecule has 1 aliphatic heterocycles. The Hall–Kier alpha value is -0.860. The molecular weight excluding hydrogens is 152 g/mol. The molecule has 64 valence electrons. The molecule has 2 rings (SSSR count). The minimum Gasteiger partial charge on any atom is -0.393 e. The molecule has 1 aromatic rings. The van der Waals surface area contributed by atoms with Gasteiger partial charge in [-0.25, -0.2) is 0 Å². The predicted octanol–water partition coefficient (Wildman–Crippen LogP) is 1.29. The molecule has 12 heavy (non-hydrogen) atoms.